The summed E-state index contributed by atoms with van der Waals surface area (Å²) in [7, 11) is 0. The third kappa shape index (κ3) is 16.9. The average Bonchev–Trinajstić information content (AvgIpc) is 2.43. The first-order valence-electron chi connectivity index (χ1n) is 8.30. The molecule has 2 nitrogen and oxygen atoms in total. The molecule has 0 spiro atoms. The van der Waals surface area contributed by atoms with Crippen LogP contribution in [-0.2, 0) is 4.79 Å². The molecule has 0 aromatic rings. The van der Waals surface area contributed by atoms with Crippen LogP contribution >= 0.6 is 0 Å². The average molecular weight is 280 g/mol. The molecule has 0 heterocycles. The Labute approximate surface area is 125 Å². The van der Waals surface area contributed by atoms with Gasteiger partial charge in [0, 0.05) is 6.42 Å². The van der Waals surface area contributed by atoms with E-state index >= 15 is 0 Å². The van der Waals surface area contributed by atoms with E-state index in [9.17, 15) is 4.79 Å². The maximum atomic E-state index is 10.3. The Bertz CT molecular complexity index is 267. The third-order valence-corrected chi connectivity index (χ3v) is 3.35. The minimum atomic E-state index is -0.664. The van der Waals surface area contributed by atoms with Gasteiger partial charge < -0.3 is 5.11 Å². The summed E-state index contributed by atoms with van der Waals surface area (Å²) in [5.41, 5.74) is 0. The fraction of sp³-hybridized carbons (Fsp3) is 0.722. The molecule has 0 fully saturated rings. The predicted octanol–water partition coefficient (Wildman–Crippen LogP) is 5.88. The lowest BCUT2D eigenvalue weighted by molar-refractivity contribution is -0.137. The zero-order valence-electron chi connectivity index (χ0n) is 13.2. The fourth-order valence-corrected chi connectivity index (χ4v) is 2.12. The molecule has 0 saturated heterocycles. The van der Waals surface area contributed by atoms with Crippen LogP contribution in [0.15, 0.2) is 24.3 Å². The van der Waals surface area contributed by atoms with Gasteiger partial charge in [-0.05, 0) is 25.7 Å². The maximum absolute atomic E-state index is 10.3. The van der Waals surface area contributed by atoms with Crippen molar-refractivity contribution in [2.45, 2.75) is 84.0 Å². The van der Waals surface area contributed by atoms with Crippen LogP contribution in [0.4, 0.5) is 0 Å². The van der Waals surface area contributed by atoms with Crippen molar-refractivity contribution in [3.63, 3.8) is 0 Å². The van der Waals surface area contributed by atoms with E-state index in [4.69, 9.17) is 5.11 Å². The molecule has 20 heavy (non-hydrogen) atoms. The van der Waals surface area contributed by atoms with E-state index in [0.717, 1.165) is 12.8 Å². The number of carboxylic acids is 1. The maximum Gasteiger partial charge on any atom is 0.303 e. The first kappa shape index (κ1) is 18.9. The summed E-state index contributed by atoms with van der Waals surface area (Å²) in [5.74, 6) is -0.664. The lowest BCUT2D eigenvalue weighted by Gasteiger charge is -2.00. The Balaban J connectivity index is 3.11. The van der Waals surface area contributed by atoms with Crippen molar-refractivity contribution in [3.05, 3.63) is 24.3 Å². The van der Waals surface area contributed by atoms with Gasteiger partial charge in [0.05, 0.1) is 0 Å². The largest absolute Gasteiger partial charge is 0.481 e. The highest BCUT2D eigenvalue weighted by atomic mass is 16.4. The molecule has 1 N–H and O–H groups in total. The van der Waals surface area contributed by atoms with Gasteiger partial charge in [0.2, 0.25) is 0 Å². The normalized spacial score (nSPS) is 11.7. The van der Waals surface area contributed by atoms with Crippen LogP contribution < -0.4 is 0 Å². The minimum Gasteiger partial charge on any atom is -0.481 e. The van der Waals surface area contributed by atoms with E-state index in [2.05, 4.69) is 31.2 Å². The molecule has 0 amide bonds. The van der Waals surface area contributed by atoms with Gasteiger partial charge in [0.15, 0.2) is 0 Å². The number of carboxylic acid groups (broad SMARTS) is 1. The number of carbonyl (C=O) groups is 1. The molecule has 0 aliphatic rings. The SMILES string of the molecule is CCC/C=C/C=C/CCCCCCCCCCC(=O)O. The molecule has 116 valence electrons. The van der Waals surface area contributed by atoms with E-state index in [0.29, 0.717) is 6.42 Å². The van der Waals surface area contributed by atoms with E-state index in [1.54, 1.807) is 0 Å². The van der Waals surface area contributed by atoms with Crippen LogP contribution in [0.1, 0.15) is 84.0 Å². The summed E-state index contributed by atoms with van der Waals surface area (Å²) >= 11 is 0. The first-order chi connectivity index (χ1) is 9.77. The van der Waals surface area contributed by atoms with Crippen LogP contribution in [0, 0.1) is 0 Å². The van der Waals surface area contributed by atoms with Crippen LogP contribution in [0.3, 0.4) is 0 Å². The Kier molecular flexibility index (Phi) is 15.2. The number of allylic oxidation sites excluding steroid dienone is 4. The van der Waals surface area contributed by atoms with Crippen molar-refractivity contribution >= 4 is 5.97 Å². The molecule has 0 aliphatic heterocycles. The topological polar surface area (TPSA) is 37.3 Å². The highest BCUT2D eigenvalue weighted by molar-refractivity contribution is 5.66. The van der Waals surface area contributed by atoms with Crippen LogP contribution in [0.5, 0.6) is 0 Å². The number of aliphatic carboxylic acids is 1. The van der Waals surface area contributed by atoms with Crippen molar-refractivity contribution < 1.29 is 9.90 Å². The Morgan fingerprint density at radius 1 is 0.800 bits per heavy atom. The van der Waals surface area contributed by atoms with Crippen LogP contribution in [0.2, 0.25) is 0 Å². The minimum absolute atomic E-state index is 0.332. The zero-order chi connectivity index (χ0) is 14.9. The second kappa shape index (κ2) is 16.0. The molecule has 2 heteroatoms. The van der Waals surface area contributed by atoms with Crippen molar-refractivity contribution in [2.75, 3.05) is 0 Å². The molecule has 0 rings (SSSR count). The van der Waals surface area contributed by atoms with E-state index < -0.39 is 5.97 Å². The quantitative estimate of drug-likeness (QED) is 0.318. The Morgan fingerprint density at radius 3 is 1.85 bits per heavy atom. The molecular weight excluding hydrogens is 248 g/mol. The van der Waals surface area contributed by atoms with Gasteiger partial charge in [0.25, 0.3) is 0 Å². The van der Waals surface area contributed by atoms with E-state index in [-0.39, 0.29) is 0 Å². The van der Waals surface area contributed by atoms with E-state index in [1.165, 1.54) is 57.8 Å². The van der Waals surface area contributed by atoms with Gasteiger partial charge in [0.1, 0.15) is 0 Å². The fourth-order valence-electron chi connectivity index (χ4n) is 2.12. The molecule has 0 aliphatic carbocycles. The zero-order valence-corrected chi connectivity index (χ0v) is 13.2. The summed E-state index contributed by atoms with van der Waals surface area (Å²) < 4.78 is 0. The van der Waals surface area contributed by atoms with Crippen molar-refractivity contribution in [1.82, 2.24) is 0 Å². The summed E-state index contributed by atoms with van der Waals surface area (Å²) in [5, 5.41) is 8.51. The van der Waals surface area contributed by atoms with E-state index in [1.807, 2.05) is 0 Å². The van der Waals surface area contributed by atoms with Crippen molar-refractivity contribution in [1.29, 1.82) is 0 Å². The van der Waals surface area contributed by atoms with Gasteiger partial charge in [-0.25, -0.2) is 0 Å². The van der Waals surface area contributed by atoms with Crippen LogP contribution in [0.25, 0.3) is 0 Å². The molecule has 0 bridgehead atoms. The smallest absolute Gasteiger partial charge is 0.303 e. The van der Waals surface area contributed by atoms with Gasteiger partial charge >= 0.3 is 5.97 Å². The third-order valence-electron chi connectivity index (χ3n) is 3.35. The highest BCUT2D eigenvalue weighted by Crippen LogP contribution is 2.10. The molecule has 0 aromatic carbocycles. The standard InChI is InChI=1S/C18H32O2/c1-2-3-4-5-6-7-8-9-10-11-12-13-14-15-16-17-18(19)20/h4-7H,2-3,8-17H2,1H3,(H,19,20)/b5-4+,7-6+. The lowest BCUT2D eigenvalue weighted by Crippen LogP contribution is -1.93. The number of unbranched alkanes of at least 4 members (excludes halogenated alkanes) is 9. The number of hydrogen-bond donors (Lipinski definition) is 1. The summed E-state index contributed by atoms with van der Waals surface area (Å²) in [6, 6.07) is 0. The Morgan fingerprint density at radius 2 is 1.30 bits per heavy atom. The second-order valence-electron chi connectivity index (χ2n) is 5.41. The predicted molar refractivity (Wildman–Crippen MR) is 87.0 cm³/mol. The summed E-state index contributed by atoms with van der Waals surface area (Å²) in [4.78, 5) is 10.3. The molecule has 0 unspecified atom stereocenters. The van der Waals surface area contributed by atoms with Crippen molar-refractivity contribution in [3.8, 4) is 0 Å². The number of hydrogen-bond acceptors (Lipinski definition) is 1. The first-order valence-corrected chi connectivity index (χ1v) is 8.30. The lowest BCUT2D eigenvalue weighted by atomic mass is 10.1. The van der Waals surface area contributed by atoms with Gasteiger partial charge in [-0.1, -0.05) is 76.2 Å². The summed E-state index contributed by atoms with van der Waals surface area (Å²) in [6.45, 7) is 2.19. The molecule has 0 saturated carbocycles. The van der Waals surface area contributed by atoms with Crippen LogP contribution in [-0.4, -0.2) is 11.1 Å². The van der Waals surface area contributed by atoms with Crippen molar-refractivity contribution in [2.24, 2.45) is 0 Å². The molecular formula is C18H32O2. The Hall–Kier alpha value is -1.05. The summed E-state index contributed by atoms with van der Waals surface area (Å²) in [6.07, 6.45) is 22.3. The van der Waals surface area contributed by atoms with Gasteiger partial charge in [-0.2, -0.15) is 0 Å². The highest BCUT2D eigenvalue weighted by Gasteiger charge is 1.96. The number of rotatable bonds is 14. The second-order valence-corrected chi connectivity index (χ2v) is 5.41. The van der Waals surface area contributed by atoms with Gasteiger partial charge in [-0.3, -0.25) is 4.79 Å². The monoisotopic (exact) mass is 280 g/mol. The molecule has 0 atom stereocenters. The molecule has 0 radical (unpaired) electrons. The molecule has 0 aromatic heterocycles. The van der Waals surface area contributed by atoms with Gasteiger partial charge in [-0.15, -0.1) is 0 Å².